The monoisotopic (exact) mass is 195 g/mol. The van der Waals surface area contributed by atoms with Crippen molar-refractivity contribution in [3.8, 4) is 6.07 Å². The fraction of sp³-hybridized carbons (Fsp3) is 0.667. The van der Waals surface area contributed by atoms with E-state index >= 15 is 0 Å². The molecule has 0 N–H and O–H groups in total. The minimum Gasteiger partial charge on any atom is -0.223 e. The summed E-state index contributed by atoms with van der Waals surface area (Å²) in [5.41, 5.74) is -0.509. The zero-order valence-corrected chi connectivity index (χ0v) is 9.14. The first-order valence-corrected chi connectivity index (χ1v) is 5.00. The Morgan fingerprint density at radius 2 is 2.08 bits per heavy atom. The molecule has 1 aromatic rings. The quantitative estimate of drug-likeness (QED) is 0.728. The Bertz CT molecular complexity index is 333. The lowest BCUT2D eigenvalue weighted by Crippen LogP contribution is -2.13. The molecule has 1 aromatic heterocycles. The Morgan fingerprint density at radius 3 is 2.46 bits per heavy atom. The smallest absolute Gasteiger partial charge is 0.145 e. The van der Waals surface area contributed by atoms with Gasteiger partial charge >= 0.3 is 0 Å². The van der Waals surface area contributed by atoms with Crippen LogP contribution in [0.15, 0.2) is 0 Å². The van der Waals surface area contributed by atoms with Gasteiger partial charge in [-0.05, 0) is 25.4 Å². The van der Waals surface area contributed by atoms with Gasteiger partial charge in [0.15, 0.2) is 0 Å². The summed E-state index contributed by atoms with van der Waals surface area (Å²) in [6, 6.07) is 2.22. The summed E-state index contributed by atoms with van der Waals surface area (Å²) in [6.45, 7) is 7.81. The summed E-state index contributed by atoms with van der Waals surface area (Å²) in [5, 5.41) is 9.69. The summed E-state index contributed by atoms with van der Waals surface area (Å²) in [6.07, 6.45) is 0. The molecule has 0 saturated carbocycles. The highest BCUT2D eigenvalue weighted by Gasteiger charge is 2.25. The van der Waals surface area contributed by atoms with Crippen molar-refractivity contribution in [1.29, 1.82) is 5.26 Å². The molecule has 1 rings (SSSR count). The first-order chi connectivity index (χ1) is 5.97. The fourth-order valence-corrected chi connectivity index (χ4v) is 1.61. The number of nitrogens with zero attached hydrogens (tertiary/aromatic N) is 3. The molecule has 13 heavy (non-hydrogen) atoms. The maximum Gasteiger partial charge on any atom is 0.145 e. The number of rotatable bonds is 2. The average Bonchev–Trinajstić information content (AvgIpc) is 2.52. The van der Waals surface area contributed by atoms with Crippen molar-refractivity contribution in [3.63, 3.8) is 0 Å². The maximum atomic E-state index is 8.88. The Morgan fingerprint density at radius 1 is 1.46 bits per heavy atom. The second-order valence-corrected chi connectivity index (χ2v) is 4.60. The van der Waals surface area contributed by atoms with Gasteiger partial charge in [-0.2, -0.15) is 9.64 Å². The van der Waals surface area contributed by atoms with Crippen LogP contribution >= 0.6 is 11.5 Å². The summed E-state index contributed by atoms with van der Waals surface area (Å²) in [5.74, 6) is 1.17. The third-order valence-corrected chi connectivity index (χ3v) is 2.83. The second kappa shape index (κ2) is 3.43. The van der Waals surface area contributed by atoms with Crippen molar-refractivity contribution in [1.82, 2.24) is 9.36 Å². The SMILES string of the molecule is CC(C)c1nsc(C(C)(C)C#N)n1. The summed E-state index contributed by atoms with van der Waals surface area (Å²) < 4.78 is 4.21. The Balaban J connectivity index is 3.00. The van der Waals surface area contributed by atoms with Gasteiger partial charge in [-0.15, -0.1) is 0 Å². The topological polar surface area (TPSA) is 49.6 Å². The van der Waals surface area contributed by atoms with Crippen LogP contribution in [0.3, 0.4) is 0 Å². The number of aromatic nitrogens is 2. The Labute approximate surface area is 82.6 Å². The van der Waals surface area contributed by atoms with Crippen LogP contribution in [0.2, 0.25) is 0 Å². The minimum absolute atomic E-state index is 0.333. The van der Waals surface area contributed by atoms with Crippen molar-refractivity contribution in [3.05, 3.63) is 10.8 Å². The molecule has 0 fully saturated rings. The van der Waals surface area contributed by atoms with E-state index in [-0.39, 0.29) is 0 Å². The van der Waals surface area contributed by atoms with Gasteiger partial charge < -0.3 is 0 Å². The van der Waals surface area contributed by atoms with Crippen LogP contribution in [0, 0.1) is 11.3 Å². The molecule has 3 nitrogen and oxygen atoms in total. The van der Waals surface area contributed by atoms with E-state index in [1.807, 2.05) is 27.7 Å². The lowest BCUT2D eigenvalue weighted by Gasteiger charge is -2.08. The van der Waals surface area contributed by atoms with Crippen molar-refractivity contribution in [2.45, 2.75) is 39.0 Å². The highest BCUT2D eigenvalue weighted by molar-refractivity contribution is 7.05. The van der Waals surface area contributed by atoms with E-state index in [9.17, 15) is 0 Å². The standard InChI is InChI=1S/C9H13N3S/c1-6(2)7-11-8(13-12-7)9(3,4)5-10/h6H,1-4H3. The normalized spacial score (nSPS) is 11.7. The highest BCUT2D eigenvalue weighted by Crippen LogP contribution is 2.25. The average molecular weight is 195 g/mol. The predicted octanol–water partition coefficient (Wildman–Crippen LogP) is 2.46. The van der Waals surface area contributed by atoms with E-state index in [4.69, 9.17) is 5.26 Å². The van der Waals surface area contributed by atoms with Crippen molar-refractivity contribution in [2.24, 2.45) is 0 Å². The largest absolute Gasteiger partial charge is 0.223 e. The number of hydrogen-bond donors (Lipinski definition) is 0. The first-order valence-electron chi connectivity index (χ1n) is 4.22. The molecule has 0 bridgehead atoms. The molecule has 0 aromatic carbocycles. The number of hydrogen-bond acceptors (Lipinski definition) is 4. The molecule has 0 atom stereocenters. The maximum absolute atomic E-state index is 8.88. The van der Waals surface area contributed by atoms with E-state index in [2.05, 4.69) is 15.4 Å². The van der Waals surface area contributed by atoms with Crippen LogP contribution in [0.5, 0.6) is 0 Å². The van der Waals surface area contributed by atoms with Crippen LogP contribution < -0.4 is 0 Å². The van der Waals surface area contributed by atoms with Gasteiger partial charge in [-0.25, -0.2) is 4.98 Å². The minimum atomic E-state index is -0.509. The van der Waals surface area contributed by atoms with Gasteiger partial charge in [0, 0.05) is 5.92 Å². The Kier molecular flexibility index (Phi) is 2.67. The van der Waals surface area contributed by atoms with Crippen LogP contribution in [-0.4, -0.2) is 9.36 Å². The molecule has 0 amide bonds. The third kappa shape index (κ3) is 2.04. The van der Waals surface area contributed by atoms with E-state index in [1.165, 1.54) is 11.5 Å². The van der Waals surface area contributed by atoms with Crippen LogP contribution in [-0.2, 0) is 5.41 Å². The predicted molar refractivity (Wildman–Crippen MR) is 52.6 cm³/mol. The van der Waals surface area contributed by atoms with Gasteiger partial charge in [-0.3, -0.25) is 0 Å². The molecule has 0 saturated heterocycles. The fourth-order valence-electron chi connectivity index (χ4n) is 0.771. The summed E-state index contributed by atoms with van der Waals surface area (Å²) in [4.78, 5) is 4.34. The highest BCUT2D eigenvalue weighted by atomic mass is 32.1. The van der Waals surface area contributed by atoms with Crippen LogP contribution in [0.4, 0.5) is 0 Å². The summed E-state index contributed by atoms with van der Waals surface area (Å²) in [7, 11) is 0. The molecule has 70 valence electrons. The van der Waals surface area contributed by atoms with Gasteiger partial charge in [0.25, 0.3) is 0 Å². The third-order valence-electron chi connectivity index (χ3n) is 1.77. The zero-order valence-electron chi connectivity index (χ0n) is 8.33. The Hall–Kier alpha value is -0.950. The molecule has 0 radical (unpaired) electrons. The van der Waals surface area contributed by atoms with Crippen LogP contribution in [0.25, 0.3) is 0 Å². The molecule has 0 spiro atoms. The van der Waals surface area contributed by atoms with Gasteiger partial charge in [-0.1, -0.05) is 13.8 Å². The molecule has 4 heteroatoms. The molecular formula is C9H13N3S. The van der Waals surface area contributed by atoms with Crippen molar-refractivity contribution < 1.29 is 0 Å². The first kappa shape index (κ1) is 10.1. The lowest BCUT2D eigenvalue weighted by atomic mass is 9.97. The van der Waals surface area contributed by atoms with E-state index in [0.717, 1.165) is 10.8 Å². The van der Waals surface area contributed by atoms with Gasteiger partial charge in [0.05, 0.1) is 6.07 Å². The number of nitriles is 1. The van der Waals surface area contributed by atoms with E-state index in [0.29, 0.717) is 5.92 Å². The van der Waals surface area contributed by atoms with Crippen molar-refractivity contribution in [2.75, 3.05) is 0 Å². The van der Waals surface area contributed by atoms with Gasteiger partial charge in [0.2, 0.25) is 0 Å². The van der Waals surface area contributed by atoms with E-state index in [1.54, 1.807) is 0 Å². The lowest BCUT2D eigenvalue weighted by molar-refractivity contribution is 0.668. The second-order valence-electron chi connectivity index (χ2n) is 3.85. The molecular weight excluding hydrogens is 182 g/mol. The molecule has 0 aliphatic carbocycles. The molecule has 0 unspecified atom stereocenters. The zero-order chi connectivity index (χ0) is 10.1. The van der Waals surface area contributed by atoms with E-state index < -0.39 is 5.41 Å². The van der Waals surface area contributed by atoms with Gasteiger partial charge in [0.1, 0.15) is 16.2 Å². The molecule has 0 aliphatic rings. The molecule has 0 aliphatic heterocycles. The summed E-state index contributed by atoms with van der Waals surface area (Å²) >= 11 is 1.33. The molecule has 1 heterocycles. The van der Waals surface area contributed by atoms with Crippen LogP contribution in [0.1, 0.15) is 44.4 Å². The van der Waals surface area contributed by atoms with Crippen molar-refractivity contribution >= 4 is 11.5 Å².